The van der Waals surface area contributed by atoms with Gasteiger partial charge in [-0.05, 0) is 35.9 Å². The van der Waals surface area contributed by atoms with E-state index in [4.69, 9.17) is 5.73 Å². The Bertz CT molecular complexity index is 945. The number of hydrogen-bond donors (Lipinski definition) is 2. The smallest absolute Gasteiger partial charge is 0.260 e. The van der Waals surface area contributed by atoms with Gasteiger partial charge in [0.15, 0.2) is 5.13 Å². The van der Waals surface area contributed by atoms with Crippen LogP contribution in [0.5, 0.6) is 0 Å². The van der Waals surface area contributed by atoms with Crippen molar-refractivity contribution in [3.63, 3.8) is 0 Å². The van der Waals surface area contributed by atoms with E-state index < -0.39 is 5.91 Å². The van der Waals surface area contributed by atoms with Crippen LogP contribution in [0.15, 0.2) is 48.7 Å². The highest BCUT2D eigenvalue weighted by molar-refractivity contribution is 7.17. The third-order valence-corrected chi connectivity index (χ3v) is 5.16. The molecule has 0 unspecified atom stereocenters. The van der Waals surface area contributed by atoms with Gasteiger partial charge in [0.25, 0.3) is 5.91 Å². The summed E-state index contributed by atoms with van der Waals surface area (Å²) in [7, 11) is 0. The lowest BCUT2D eigenvalue weighted by molar-refractivity contribution is -0.111. The van der Waals surface area contributed by atoms with Crippen molar-refractivity contribution < 1.29 is 14.0 Å². The zero-order chi connectivity index (χ0) is 17.8. The summed E-state index contributed by atoms with van der Waals surface area (Å²) in [6.45, 7) is 0. The predicted octanol–water partition coefficient (Wildman–Crippen LogP) is 3.76. The molecular formula is C17H12FN3O2S2. The Kier molecular flexibility index (Phi) is 5.01. The Morgan fingerprint density at radius 1 is 1.12 bits per heavy atom. The van der Waals surface area contributed by atoms with Gasteiger partial charge in [-0.2, -0.15) is 0 Å². The molecule has 1 aromatic carbocycles. The van der Waals surface area contributed by atoms with Gasteiger partial charge in [0, 0.05) is 15.8 Å². The van der Waals surface area contributed by atoms with Gasteiger partial charge in [-0.25, -0.2) is 9.37 Å². The van der Waals surface area contributed by atoms with Gasteiger partial charge in [-0.15, -0.1) is 11.3 Å². The number of thiophene rings is 1. The Morgan fingerprint density at radius 3 is 2.56 bits per heavy atom. The number of amides is 2. The summed E-state index contributed by atoms with van der Waals surface area (Å²) < 4.78 is 13.0. The number of hydrogen-bond acceptors (Lipinski definition) is 5. The molecule has 0 aliphatic carbocycles. The van der Waals surface area contributed by atoms with Crippen molar-refractivity contribution in [1.29, 1.82) is 0 Å². The number of aromatic nitrogens is 1. The molecule has 0 saturated heterocycles. The Morgan fingerprint density at radius 2 is 1.88 bits per heavy atom. The van der Waals surface area contributed by atoms with Crippen LogP contribution in [-0.2, 0) is 4.79 Å². The largest absolute Gasteiger partial charge is 0.365 e. The van der Waals surface area contributed by atoms with E-state index in [9.17, 15) is 14.0 Å². The number of nitrogens with zero attached hydrogens (tertiary/aromatic N) is 1. The van der Waals surface area contributed by atoms with Crippen molar-refractivity contribution in [1.82, 2.24) is 4.98 Å². The van der Waals surface area contributed by atoms with Crippen LogP contribution in [0, 0.1) is 5.82 Å². The van der Waals surface area contributed by atoms with Crippen LogP contribution < -0.4 is 11.1 Å². The van der Waals surface area contributed by atoms with E-state index in [2.05, 4.69) is 10.3 Å². The molecule has 8 heteroatoms. The highest BCUT2D eigenvalue weighted by Gasteiger charge is 2.08. The first-order valence-corrected chi connectivity index (χ1v) is 8.75. The average Bonchev–Trinajstić information content (AvgIpc) is 3.23. The van der Waals surface area contributed by atoms with Gasteiger partial charge < -0.3 is 5.73 Å². The number of halogens is 1. The molecule has 0 saturated carbocycles. The first-order valence-electron chi connectivity index (χ1n) is 7.12. The van der Waals surface area contributed by atoms with Gasteiger partial charge in [0.1, 0.15) is 10.7 Å². The summed E-state index contributed by atoms with van der Waals surface area (Å²) in [6, 6.07) is 10.0. The van der Waals surface area contributed by atoms with Crippen molar-refractivity contribution >= 4 is 45.7 Å². The molecule has 2 heterocycles. The minimum absolute atomic E-state index is 0.279. The predicted molar refractivity (Wildman–Crippen MR) is 98.0 cm³/mol. The van der Waals surface area contributed by atoms with E-state index in [1.54, 1.807) is 18.2 Å². The molecule has 3 N–H and O–H groups in total. The summed E-state index contributed by atoms with van der Waals surface area (Å²) in [5.41, 5.74) is 6.05. The van der Waals surface area contributed by atoms with Gasteiger partial charge in [0.2, 0.25) is 5.91 Å². The van der Waals surface area contributed by atoms with E-state index in [0.29, 0.717) is 5.13 Å². The summed E-state index contributed by atoms with van der Waals surface area (Å²) in [5, 5.41) is 2.88. The van der Waals surface area contributed by atoms with Crippen molar-refractivity contribution in [2.45, 2.75) is 0 Å². The molecular weight excluding hydrogens is 361 g/mol. The number of nitrogens with two attached hydrogens (primary N) is 1. The number of anilines is 1. The summed E-state index contributed by atoms with van der Waals surface area (Å²) >= 11 is 2.50. The molecule has 2 aromatic heterocycles. The maximum Gasteiger partial charge on any atom is 0.260 e. The highest BCUT2D eigenvalue weighted by atomic mass is 32.1. The van der Waals surface area contributed by atoms with Gasteiger partial charge in [-0.3, -0.25) is 14.9 Å². The normalized spacial score (nSPS) is 10.9. The fraction of sp³-hybridized carbons (Fsp3) is 0. The monoisotopic (exact) mass is 373 g/mol. The van der Waals surface area contributed by atoms with Crippen molar-refractivity contribution in [3.05, 3.63) is 64.2 Å². The number of carbonyl (C=O) groups is 2. The second-order valence-electron chi connectivity index (χ2n) is 4.93. The number of benzene rings is 1. The first-order chi connectivity index (χ1) is 12.0. The number of thiazole rings is 1. The van der Waals surface area contributed by atoms with Gasteiger partial charge in [-0.1, -0.05) is 23.5 Å². The maximum atomic E-state index is 13.0. The van der Waals surface area contributed by atoms with Crippen LogP contribution >= 0.6 is 22.7 Å². The molecule has 0 radical (unpaired) electrons. The van der Waals surface area contributed by atoms with Crippen LogP contribution in [0.2, 0.25) is 0 Å². The summed E-state index contributed by atoms with van der Waals surface area (Å²) in [6.07, 6.45) is 4.38. The molecule has 25 heavy (non-hydrogen) atoms. The molecule has 5 nitrogen and oxygen atoms in total. The van der Waals surface area contributed by atoms with Crippen LogP contribution in [0.3, 0.4) is 0 Å². The topological polar surface area (TPSA) is 85.1 Å². The lowest BCUT2D eigenvalue weighted by atomic mass is 10.2. The highest BCUT2D eigenvalue weighted by Crippen LogP contribution is 2.29. The molecule has 0 fully saturated rings. The number of primary amides is 1. The minimum atomic E-state index is -0.583. The molecule has 2 amide bonds. The Labute approximate surface area is 150 Å². The number of rotatable bonds is 5. The quantitative estimate of drug-likeness (QED) is 0.668. The third-order valence-electron chi connectivity index (χ3n) is 3.13. The van der Waals surface area contributed by atoms with E-state index >= 15 is 0 Å². The van der Waals surface area contributed by atoms with E-state index in [0.717, 1.165) is 26.7 Å². The summed E-state index contributed by atoms with van der Waals surface area (Å²) in [5.74, 6) is -1.22. The van der Waals surface area contributed by atoms with Crippen molar-refractivity contribution in [3.8, 4) is 10.4 Å². The fourth-order valence-electron chi connectivity index (χ4n) is 1.96. The minimum Gasteiger partial charge on any atom is -0.365 e. The summed E-state index contributed by atoms with van der Waals surface area (Å²) in [4.78, 5) is 28.9. The van der Waals surface area contributed by atoms with Crippen LogP contribution in [0.1, 0.15) is 14.5 Å². The first kappa shape index (κ1) is 17.0. The molecule has 0 spiro atoms. The number of carbonyl (C=O) groups excluding carboxylic acids is 2. The van der Waals surface area contributed by atoms with Crippen LogP contribution in [-0.4, -0.2) is 16.8 Å². The standard InChI is InChI=1S/C17H12FN3O2S2/c18-11-3-1-10(2-4-11)13-7-5-12(24-13)6-8-15(22)21-17-20-9-14(25-17)16(19)23/h1-9H,(H2,19,23)(H,20,21,22)/b8-6+. The van der Waals surface area contributed by atoms with Gasteiger partial charge >= 0.3 is 0 Å². The molecule has 3 rings (SSSR count). The van der Waals surface area contributed by atoms with Crippen LogP contribution in [0.4, 0.5) is 9.52 Å². The zero-order valence-electron chi connectivity index (χ0n) is 12.7. The Balaban J connectivity index is 1.64. The van der Waals surface area contributed by atoms with E-state index in [-0.39, 0.29) is 16.6 Å². The molecule has 3 aromatic rings. The average molecular weight is 373 g/mol. The lowest BCUT2D eigenvalue weighted by Crippen LogP contribution is -2.08. The van der Waals surface area contributed by atoms with Crippen molar-refractivity contribution in [2.75, 3.05) is 5.32 Å². The second kappa shape index (κ2) is 7.37. The molecule has 0 bridgehead atoms. The number of nitrogens with one attached hydrogen (secondary N) is 1. The Hall–Kier alpha value is -2.84. The molecule has 0 atom stereocenters. The molecule has 0 aliphatic rings. The van der Waals surface area contributed by atoms with E-state index in [1.165, 1.54) is 35.7 Å². The SMILES string of the molecule is NC(=O)c1cnc(NC(=O)/C=C/c2ccc(-c3ccc(F)cc3)s2)s1. The van der Waals surface area contributed by atoms with Crippen molar-refractivity contribution in [2.24, 2.45) is 5.73 Å². The maximum absolute atomic E-state index is 13.0. The molecule has 126 valence electrons. The van der Waals surface area contributed by atoms with Gasteiger partial charge in [0.05, 0.1) is 6.20 Å². The fourth-order valence-corrected chi connectivity index (χ4v) is 3.55. The lowest BCUT2D eigenvalue weighted by Gasteiger charge is -1.96. The molecule has 0 aliphatic heterocycles. The second-order valence-corrected chi connectivity index (χ2v) is 7.07. The third kappa shape index (κ3) is 4.37. The van der Waals surface area contributed by atoms with E-state index in [1.807, 2.05) is 12.1 Å². The zero-order valence-corrected chi connectivity index (χ0v) is 14.4. The van der Waals surface area contributed by atoms with Crippen LogP contribution in [0.25, 0.3) is 16.5 Å².